The normalized spacial score (nSPS) is 33.4. The Hall–Kier alpha value is -0.570. The zero-order valence-electron chi connectivity index (χ0n) is 9.01. The van der Waals surface area contributed by atoms with Gasteiger partial charge in [-0.05, 0) is 38.6 Å². The SMILES string of the molecule is CC(=O)N1CCCC[C@]12CCCNC2. The number of hydrogen-bond donors (Lipinski definition) is 1. The standard InChI is InChI=1S/C11H20N2O/c1-10(14)13-8-3-2-5-11(13)6-4-7-12-9-11/h12H,2-9H2,1H3/t11-/m1/s1. The van der Waals surface area contributed by atoms with Crippen molar-refractivity contribution in [1.29, 1.82) is 0 Å². The number of likely N-dealkylation sites (tertiary alicyclic amines) is 1. The summed E-state index contributed by atoms with van der Waals surface area (Å²) in [7, 11) is 0. The maximum absolute atomic E-state index is 11.6. The molecule has 2 aliphatic heterocycles. The van der Waals surface area contributed by atoms with Crippen molar-refractivity contribution in [3.05, 3.63) is 0 Å². The van der Waals surface area contributed by atoms with Crippen molar-refractivity contribution < 1.29 is 4.79 Å². The quantitative estimate of drug-likeness (QED) is 0.630. The van der Waals surface area contributed by atoms with Crippen LogP contribution in [0.15, 0.2) is 0 Å². The summed E-state index contributed by atoms with van der Waals surface area (Å²) >= 11 is 0. The summed E-state index contributed by atoms with van der Waals surface area (Å²) < 4.78 is 0. The van der Waals surface area contributed by atoms with Gasteiger partial charge in [-0.25, -0.2) is 0 Å². The minimum Gasteiger partial charge on any atom is -0.336 e. The van der Waals surface area contributed by atoms with Crippen LogP contribution in [0.3, 0.4) is 0 Å². The topological polar surface area (TPSA) is 32.3 Å². The van der Waals surface area contributed by atoms with Gasteiger partial charge in [-0.2, -0.15) is 0 Å². The van der Waals surface area contributed by atoms with Crippen molar-refractivity contribution in [1.82, 2.24) is 10.2 Å². The van der Waals surface area contributed by atoms with Crippen molar-refractivity contribution in [2.24, 2.45) is 0 Å². The van der Waals surface area contributed by atoms with Crippen LogP contribution in [0.2, 0.25) is 0 Å². The summed E-state index contributed by atoms with van der Waals surface area (Å²) in [5, 5.41) is 3.44. The second-order valence-electron chi connectivity index (χ2n) is 4.63. The van der Waals surface area contributed by atoms with E-state index in [-0.39, 0.29) is 11.4 Å². The van der Waals surface area contributed by atoms with Gasteiger partial charge in [-0.3, -0.25) is 4.79 Å². The van der Waals surface area contributed by atoms with Gasteiger partial charge in [0.1, 0.15) is 0 Å². The Labute approximate surface area is 85.8 Å². The fourth-order valence-electron chi connectivity index (χ4n) is 2.98. The third kappa shape index (κ3) is 1.65. The highest BCUT2D eigenvalue weighted by Crippen LogP contribution is 2.33. The molecule has 80 valence electrons. The van der Waals surface area contributed by atoms with E-state index >= 15 is 0 Å². The van der Waals surface area contributed by atoms with Gasteiger partial charge in [0.05, 0.1) is 5.54 Å². The average Bonchev–Trinajstić information content (AvgIpc) is 2.19. The predicted molar refractivity (Wildman–Crippen MR) is 56.1 cm³/mol. The summed E-state index contributed by atoms with van der Waals surface area (Å²) in [5.74, 6) is 0.258. The lowest BCUT2D eigenvalue weighted by molar-refractivity contribution is -0.138. The highest BCUT2D eigenvalue weighted by atomic mass is 16.2. The van der Waals surface area contributed by atoms with Crippen LogP contribution in [-0.4, -0.2) is 36.0 Å². The summed E-state index contributed by atoms with van der Waals surface area (Å²) in [6.07, 6.45) is 6.07. The Morgan fingerprint density at radius 1 is 1.29 bits per heavy atom. The highest BCUT2D eigenvalue weighted by molar-refractivity contribution is 5.74. The molecule has 0 aliphatic carbocycles. The second-order valence-corrected chi connectivity index (χ2v) is 4.63. The Morgan fingerprint density at radius 3 is 2.71 bits per heavy atom. The van der Waals surface area contributed by atoms with E-state index in [1.54, 1.807) is 6.92 Å². The van der Waals surface area contributed by atoms with Crippen molar-refractivity contribution >= 4 is 5.91 Å². The molecule has 1 N–H and O–H groups in total. The summed E-state index contributed by atoms with van der Waals surface area (Å²) in [6.45, 7) is 4.80. The molecule has 3 heteroatoms. The summed E-state index contributed by atoms with van der Waals surface area (Å²) in [4.78, 5) is 13.7. The number of nitrogens with zero attached hydrogens (tertiary/aromatic N) is 1. The van der Waals surface area contributed by atoms with Crippen molar-refractivity contribution in [3.63, 3.8) is 0 Å². The first-order chi connectivity index (χ1) is 6.75. The Balaban J connectivity index is 2.14. The van der Waals surface area contributed by atoms with Gasteiger partial charge in [0.2, 0.25) is 5.91 Å². The lowest BCUT2D eigenvalue weighted by Gasteiger charge is -2.49. The third-order valence-corrected chi connectivity index (χ3v) is 3.68. The van der Waals surface area contributed by atoms with Crippen molar-refractivity contribution in [2.75, 3.05) is 19.6 Å². The lowest BCUT2D eigenvalue weighted by atomic mass is 9.80. The van der Waals surface area contributed by atoms with E-state index < -0.39 is 0 Å². The number of hydrogen-bond acceptors (Lipinski definition) is 2. The molecule has 14 heavy (non-hydrogen) atoms. The van der Waals surface area contributed by atoms with Crippen LogP contribution in [0.1, 0.15) is 39.0 Å². The minimum atomic E-state index is 0.169. The molecule has 2 heterocycles. The molecular formula is C11H20N2O. The van der Waals surface area contributed by atoms with Gasteiger partial charge < -0.3 is 10.2 Å². The molecule has 0 unspecified atom stereocenters. The van der Waals surface area contributed by atoms with E-state index in [1.807, 2.05) is 0 Å². The average molecular weight is 196 g/mol. The maximum Gasteiger partial charge on any atom is 0.219 e. The van der Waals surface area contributed by atoms with E-state index in [4.69, 9.17) is 0 Å². The number of nitrogens with one attached hydrogen (secondary N) is 1. The van der Waals surface area contributed by atoms with Crippen molar-refractivity contribution in [2.45, 2.75) is 44.6 Å². The van der Waals surface area contributed by atoms with Gasteiger partial charge in [0.15, 0.2) is 0 Å². The smallest absolute Gasteiger partial charge is 0.219 e. The van der Waals surface area contributed by atoms with E-state index in [0.717, 1.165) is 19.6 Å². The first-order valence-corrected chi connectivity index (χ1v) is 5.74. The molecule has 1 atom stereocenters. The third-order valence-electron chi connectivity index (χ3n) is 3.68. The van der Waals surface area contributed by atoms with Gasteiger partial charge in [0, 0.05) is 20.0 Å². The van der Waals surface area contributed by atoms with Crippen LogP contribution in [0.4, 0.5) is 0 Å². The molecule has 2 fully saturated rings. The monoisotopic (exact) mass is 196 g/mol. The van der Waals surface area contributed by atoms with Crippen LogP contribution >= 0.6 is 0 Å². The van der Waals surface area contributed by atoms with Gasteiger partial charge in [-0.1, -0.05) is 0 Å². The van der Waals surface area contributed by atoms with Crippen LogP contribution in [0.25, 0.3) is 0 Å². The molecule has 0 radical (unpaired) electrons. The van der Waals surface area contributed by atoms with Gasteiger partial charge >= 0.3 is 0 Å². The van der Waals surface area contributed by atoms with Crippen LogP contribution in [-0.2, 0) is 4.79 Å². The van der Waals surface area contributed by atoms with Gasteiger partial charge in [0.25, 0.3) is 0 Å². The molecule has 0 aromatic rings. The number of rotatable bonds is 0. The van der Waals surface area contributed by atoms with E-state index in [9.17, 15) is 4.79 Å². The molecular weight excluding hydrogens is 176 g/mol. The molecule has 3 nitrogen and oxygen atoms in total. The zero-order chi connectivity index (χ0) is 10.0. The maximum atomic E-state index is 11.6. The zero-order valence-corrected chi connectivity index (χ0v) is 9.01. The highest BCUT2D eigenvalue weighted by Gasteiger charge is 2.40. The molecule has 1 amide bonds. The largest absolute Gasteiger partial charge is 0.336 e. The molecule has 0 bridgehead atoms. The van der Waals surface area contributed by atoms with Crippen molar-refractivity contribution in [3.8, 4) is 0 Å². The first-order valence-electron chi connectivity index (χ1n) is 5.74. The minimum absolute atomic E-state index is 0.169. The second kappa shape index (κ2) is 3.89. The van der Waals surface area contributed by atoms with Crippen LogP contribution in [0.5, 0.6) is 0 Å². The molecule has 0 aromatic carbocycles. The molecule has 1 spiro atoms. The Morgan fingerprint density at radius 2 is 2.07 bits per heavy atom. The predicted octanol–water partition coefficient (Wildman–Crippen LogP) is 1.14. The molecule has 0 aromatic heterocycles. The van der Waals surface area contributed by atoms with E-state index in [1.165, 1.54) is 32.1 Å². The van der Waals surface area contributed by atoms with E-state index in [2.05, 4.69) is 10.2 Å². The fourth-order valence-corrected chi connectivity index (χ4v) is 2.98. The van der Waals surface area contributed by atoms with Gasteiger partial charge in [-0.15, -0.1) is 0 Å². The number of amides is 1. The summed E-state index contributed by atoms with van der Waals surface area (Å²) in [5.41, 5.74) is 0.169. The molecule has 2 rings (SSSR count). The number of carbonyl (C=O) groups excluding carboxylic acids is 1. The number of carbonyl (C=O) groups is 1. The Kier molecular flexibility index (Phi) is 2.77. The lowest BCUT2D eigenvalue weighted by Crippen LogP contribution is -2.61. The first kappa shape index (κ1) is 9.97. The van der Waals surface area contributed by atoms with E-state index in [0.29, 0.717) is 0 Å². The van der Waals surface area contributed by atoms with Crippen LogP contribution in [0, 0.1) is 0 Å². The molecule has 0 saturated carbocycles. The Bertz CT molecular complexity index is 213. The molecule has 2 saturated heterocycles. The number of piperidine rings is 2. The molecule has 2 aliphatic rings. The fraction of sp³-hybridized carbons (Fsp3) is 0.909. The van der Waals surface area contributed by atoms with Crippen LogP contribution < -0.4 is 5.32 Å². The summed E-state index contributed by atoms with van der Waals surface area (Å²) in [6, 6.07) is 0.